The molecular formula is C22H34N2O4S. The number of carbonyl (C=O) groups excluding carboxylic acids is 1. The first-order valence-corrected chi connectivity index (χ1v) is 11.6. The van der Waals surface area contributed by atoms with Crippen LogP contribution < -0.4 is 0 Å². The summed E-state index contributed by atoms with van der Waals surface area (Å²) in [5, 5.41) is 8.87. The van der Waals surface area contributed by atoms with E-state index in [1.165, 1.54) is 6.42 Å². The summed E-state index contributed by atoms with van der Waals surface area (Å²) in [4.78, 5) is 19.5. The number of pyridine rings is 1. The lowest BCUT2D eigenvalue weighted by molar-refractivity contribution is 0.0170. The highest BCUT2D eigenvalue weighted by atomic mass is 32.2. The molecule has 0 aromatic carbocycles. The highest BCUT2D eigenvalue weighted by Crippen LogP contribution is 2.48. The van der Waals surface area contributed by atoms with Gasteiger partial charge in [-0.15, -0.1) is 11.8 Å². The van der Waals surface area contributed by atoms with E-state index in [4.69, 9.17) is 14.6 Å². The van der Waals surface area contributed by atoms with Crippen molar-refractivity contribution in [1.29, 1.82) is 0 Å². The Hall–Kier alpha value is -1.31. The van der Waals surface area contributed by atoms with Crippen molar-refractivity contribution in [2.45, 2.75) is 57.1 Å². The summed E-state index contributed by atoms with van der Waals surface area (Å²) in [6.07, 6.45) is 5.03. The molecule has 1 amide bonds. The van der Waals surface area contributed by atoms with Gasteiger partial charge in [0, 0.05) is 29.9 Å². The SMILES string of the molecule is CC(C)(C)OC(=O)N1CCC(C2CC2COCc2ccc(SCCO)cn2)CC1. The molecular weight excluding hydrogens is 388 g/mol. The van der Waals surface area contributed by atoms with Crippen LogP contribution in [0.3, 0.4) is 0 Å². The monoisotopic (exact) mass is 422 g/mol. The molecule has 0 bridgehead atoms. The Morgan fingerprint density at radius 2 is 2.07 bits per heavy atom. The third kappa shape index (κ3) is 7.15. The summed E-state index contributed by atoms with van der Waals surface area (Å²) in [6.45, 7) is 8.84. The molecule has 162 valence electrons. The molecule has 3 rings (SSSR count). The van der Waals surface area contributed by atoms with E-state index in [1.54, 1.807) is 11.8 Å². The number of likely N-dealkylation sites (tertiary alicyclic amines) is 1. The molecule has 29 heavy (non-hydrogen) atoms. The quantitative estimate of drug-likeness (QED) is 0.639. The zero-order chi connectivity index (χ0) is 20.9. The minimum Gasteiger partial charge on any atom is -0.444 e. The first-order valence-electron chi connectivity index (χ1n) is 10.6. The predicted molar refractivity (Wildman–Crippen MR) is 114 cm³/mol. The van der Waals surface area contributed by atoms with Gasteiger partial charge in [0.1, 0.15) is 5.60 Å². The zero-order valence-electron chi connectivity index (χ0n) is 17.8. The van der Waals surface area contributed by atoms with Crippen LogP contribution in [0.5, 0.6) is 0 Å². The highest BCUT2D eigenvalue weighted by Gasteiger charge is 2.44. The Labute approximate surface area is 178 Å². The van der Waals surface area contributed by atoms with Crippen molar-refractivity contribution in [3.63, 3.8) is 0 Å². The number of aliphatic hydroxyl groups is 1. The van der Waals surface area contributed by atoms with E-state index < -0.39 is 5.60 Å². The van der Waals surface area contributed by atoms with Crippen LogP contribution in [0.15, 0.2) is 23.2 Å². The molecule has 1 saturated carbocycles. The van der Waals surface area contributed by atoms with Gasteiger partial charge in [-0.3, -0.25) is 4.98 Å². The number of carbonyl (C=O) groups is 1. The first kappa shape index (κ1) is 22.4. The zero-order valence-corrected chi connectivity index (χ0v) is 18.6. The van der Waals surface area contributed by atoms with Crippen molar-refractivity contribution >= 4 is 17.9 Å². The van der Waals surface area contributed by atoms with Crippen LogP contribution in [-0.2, 0) is 16.1 Å². The van der Waals surface area contributed by atoms with Crippen molar-refractivity contribution in [2.24, 2.45) is 17.8 Å². The van der Waals surface area contributed by atoms with Crippen LogP contribution >= 0.6 is 11.8 Å². The van der Waals surface area contributed by atoms with Gasteiger partial charge in [0.15, 0.2) is 0 Å². The number of piperidine rings is 1. The second-order valence-corrected chi connectivity index (χ2v) is 10.2. The number of aromatic nitrogens is 1. The summed E-state index contributed by atoms with van der Waals surface area (Å²) in [7, 11) is 0. The number of ether oxygens (including phenoxy) is 2. The fraction of sp³-hybridized carbons (Fsp3) is 0.727. The molecule has 1 aliphatic heterocycles. The van der Waals surface area contributed by atoms with E-state index in [-0.39, 0.29) is 12.7 Å². The van der Waals surface area contributed by atoms with E-state index in [2.05, 4.69) is 4.98 Å². The first-order chi connectivity index (χ1) is 13.9. The van der Waals surface area contributed by atoms with E-state index >= 15 is 0 Å². The van der Waals surface area contributed by atoms with Gasteiger partial charge in [-0.1, -0.05) is 0 Å². The number of amides is 1. The average Bonchev–Trinajstić information content (AvgIpc) is 3.46. The smallest absolute Gasteiger partial charge is 0.410 e. The van der Waals surface area contributed by atoms with Crippen LogP contribution in [0.25, 0.3) is 0 Å². The van der Waals surface area contributed by atoms with Crippen molar-refractivity contribution < 1.29 is 19.4 Å². The second kappa shape index (κ2) is 10.1. The molecule has 1 saturated heterocycles. The van der Waals surface area contributed by atoms with Gasteiger partial charge >= 0.3 is 6.09 Å². The van der Waals surface area contributed by atoms with Gasteiger partial charge in [0.2, 0.25) is 0 Å². The fourth-order valence-corrected chi connectivity index (χ4v) is 4.56. The van der Waals surface area contributed by atoms with E-state index in [1.807, 2.05) is 44.0 Å². The molecule has 2 unspecified atom stereocenters. The molecule has 0 spiro atoms. The topological polar surface area (TPSA) is 71.9 Å². The van der Waals surface area contributed by atoms with E-state index in [0.717, 1.165) is 49.0 Å². The molecule has 2 atom stereocenters. The Balaban J connectivity index is 1.31. The fourth-order valence-electron chi connectivity index (χ4n) is 3.94. The largest absolute Gasteiger partial charge is 0.444 e. The summed E-state index contributed by atoms with van der Waals surface area (Å²) in [5.74, 6) is 2.77. The second-order valence-electron chi connectivity index (χ2n) is 9.04. The van der Waals surface area contributed by atoms with Gasteiger partial charge in [-0.25, -0.2) is 4.79 Å². The predicted octanol–water partition coefficient (Wildman–Crippen LogP) is 3.97. The Morgan fingerprint density at radius 3 is 2.69 bits per heavy atom. The molecule has 2 aliphatic rings. The maximum Gasteiger partial charge on any atom is 0.410 e. The Kier molecular flexibility index (Phi) is 7.82. The number of hydrogen-bond donors (Lipinski definition) is 1. The van der Waals surface area contributed by atoms with Crippen molar-refractivity contribution in [1.82, 2.24) is 9.88 Å². The number of hydrogen-bond acceptors (Lipinski definition) is 6. The maximum absolute atomic E-state index is 12.2. The minimum absolute atomic E-state index is 0.179. The average molecular weight is 423 g/mol. The molecule has 2 fully saturated rings. The van der Waals surface area contributed by atoms with Gasteiger partial charge in [0.05, 0.1) is 25.5 Å². The highest BCUT2D eigenvalue weighted by molar-refractivity contribution is 7.99. The van der Waals surface area contributed by atoms with Gasteiger partial charge in [-0.2, -0.15) is 0 Å². The summed E-state index contributed by atoms with van der Waals surface area (Å²) < 4.78 is 11.4. The standard InChI is InChI=1S/C22H34N2O4S/c1-22(2,3)28-21(26)24-8-6-16(7-9-24)20-12-17(20)14-27-15-18-4-5-19(13-23-18)29-11-10-25/h4-5,13,16-17,20,25H,6-12,14-15H2,1-3H3. The molecule has 7 heteroatoms. The molecule has 1 aliphatic carbocycles. The number of nitrogens with zero attached hydrogens (tertiary/aromatic N) is 2. The summed E-state index contributed by atoms with van der Waals surface area (Å²) in [5.41, 5.74) is 0.515. The molecule has 6 nitrogen and oxygen atoms in total. The Bertz CT molecular complexity index is 654. The number of rotatable bonds is 8. The summed E-state index contributed by atoms with van der Waals surface area (Å²) >= 11 is 1.60. The third-order valence-corrected chi connectivity index (χ3v) is 6.48. The minimum atomic E-state index is -0.430. The lowest BCUT2D eigenvalue weighted by atomic mass is 9.91. The van der Waals surface area contributed by atoms with E-state index in [9.17, 15) is 4.79 Å². The molecule has 1 N–H and O–H groups in total. The Morgan fingerprint density at radius 1 is 1.31 bits per heavy atom. The van der Waals surface area contributed by atoms with Gasteiger partial charge in [0.25, 0.3) is 0 Å². The van der Waals surface area contributed by atoms with Gasteiger partial charge in [-0.05, 0) is 69.9 Å². The molecule has 1 aromatic rings. The van der Waals surface area contributed by atoms with Crippen LogP contribution in [0.1, 0.15) is 45.7 Å². The van der Waals surface area contributed by atoms with Crippen LogP contribution in [0, 0.1) is 17.8 Å². The lowest BCUT2D eigenvalue weighted by Gasteiger charge is -2.33. The third-order valence-electron chi connectivity index (χ3n) is 5.51. The van der Waals surface area contributed by atoms with Crippen LogP contribution in [0.4, 0.5) is 4.79 Å². The summed E-state index contributed by atoms with van der Waals surface area (Å²) in [6, 6.07) is 4.03. The lowest BCUT2D eigenvalue weighted by Crippen LogP contribution is -2.42. The van der Waals surface area contributed by atoms with Crippen molar-refractivity contribution in [3.05, 3.63) is 24.0 Å². The van der Waals surface area contributed by atoms with Crippen molar-refractivity contribution in [2.75, 3.05) is 32.1 Å². The van der Waals surface area contributed by atoms with E-state index in [0.29, 0.717) is 24.2 Å². The molecule has 2 heterocycles. The van der Waals surface area contributed by atoms with Gasteiger partial charge < -0.3 is 19.5 Å². The van der Waals surface area contributed by atoms with Crippen LogP contribution in [0.2, 0.25) is 0 Å². The normalized spacial score (nSPS) is 22.6. The van der Waals surface area contributed by atoms with Crippen molar-refractivity contribution in [3.8, 4) is 0 Å². The number of aliphatic hydroxyl groups excluding tert-OH is 1. The molecule has 1 aromatic heterocycles. The molecule has 0 radical (unpaired) electrons. The number of thioether (sulfide) groups is 1. The maximum atomic E-state index is 12.2. The van der Waals surface area contributed by atoms with Crippen LogP contribution in [-0.4, -0.2) is 58.7 Å².